The molecule has 2 fully saturated rings. The predicted molar refractivity (Wildman–Crippen MR) is 106 cm³/mol. The van der Waals surface area contributed by atoms with Crippen LogP contribution in [0.4, 0.5) is 0 Å². The fourth-order valence-electron chi connectivity index (χ4n) is 4.39. The Bertz CT molecular complexity index is 728. The van der Waals surface area contributed by atoms with Crippen LogP contribution in [0.25, 0.3) is 0 Å². The molecule has 0 radical (unpaired) electrons. The largest absolute Gasteiger partial charge is 0.493 e. The molecule has 0 amide bonds. The van der Waals surface area contributed by atoms with E-state index in [-0.39, 0.29) is 6.23 Å². The highest BCUT2D eigenvalue weighted by Gasteiger charge is 2.38. The number of methoxy groups -OCH3 is 3. The normalized spacial score (nSPS) is 28.5. The monoisotopic (exact) mass is 390 g/mol. The highest BCUT2D eigenvalue weighted by molar-refractivity contribution is 7.80. The van der Waals surface area contributed by atoms with Crippen molar-refractivity contribution in [3.63, 3.8) is 0 Å². The van der Waals surface area contributed by atoms with Crippen LogP contribution in [0.5, 0.6) is 17.2 Å². The van der Waals surface area contributed by atoms with Gasteiger partial charge in [0.2, 0.25) is 5.75 Å². The predicted octanol–water partition coefficient (Wildman–Crippen LogP) is 2.88. The number of hydrogen-bond acceptors (Lipinski definition) is 5. The summed E-state index contributed by atoms with van der Waals surface area (Å²) in [6.45, 7) is 1.38. The first-order valence-corrected chi connectivity index (χ1v) is 9.72. The quantitative estimate of drug-likeness (QED) is 0.613. The van der Waals surface area contributed by atoms with Crippen molar-refractivity contribution in [3.8, 4) is 17.2 Å². The number of hydrogen-bond donors (Lipinski definition) is 1. The number of ether oxygens (including phenoxy) is 4. The first-order valence-electron chi connectivity index (χ1n) is 9.31. The van der Waals surface area contributed by atoms with Crippen LogP contribution in [-0.2, 0) is 4.74 Å². The fourth-order valence-corrected chi connectivity index (χ4v) is 4.72. The van der Waals surface area contributed by atoms with Crippen molar-refractivity contribution in [2.24, 2.45) is 11.8 Å². The molecule has 7 heteroatoms. The van der Waals surface area contributed by atoms with Gasteiger partial charge in [-0.15, -0.1) is 0 Å². The summed E-state index contributed by atoms with van der Waals surface area (Å²) in [5.41, 5.74) is 0.930. The minimum atomic E-state index is -0.271. The van der Waals surface area contributed by atoms with Crippen LogP contribution >= 0.6 is 12.2 Å². The zero-order chi connectivity index (χ0) is 19.0. The van der Waals surface area contributed by atoms with Gasteiger partial charge in [-0.25, -0.2) is 0 Å². The second-order valence-corrected chi connectivity index (χ2v) is 7.60. The van der Waals surface area contributed by atoms with Gasteiger partial charge in [0.05, 0.1) is 27.9 Å². The van der Waals surface area contributed by atoms with Crippen molar-refractivity contribution in [2.45, 2.75) is 25.1 Å². The molecule has 1 heterocycles. The van der Waals surface area contributed by atoms with Crippen LogP contribution in [0.15, 0.2) is 24.3 Å². The van der Waals surface area contributed by atoms with E-state index in [0.717, 1.165) is 23.6 Å². The number of nitrogens with zero attached hydrogens (tertiary/aromatic N) is 1. The molecule has 1 N–H and O–H groups in total. The average Bonchev–Trinajstić information content (AvgIpc) is 3.43. The Labute approximate surface area is 165 Å². The highest BCUT2D eigenvalue weighted by Crippen LogP contribution is 2.42. The fraction of sp³-hybridized carbons (Fsp3) is 0.550. The van der Waals surface area contributed by atoms with E-state index < -0.39 is 0 Å². The molecule has 1 saturated carbocycles. The van der Waals surface area contributed by atoms with Gasteiger partial charge in [0, 0.05) is 18.2 Å². The van der Waals surface area contributed by atoms with E-state index in [4.69, 9.17) is 31.2 Å². The first kappa shape index (κ1) is 18.4. The molecule has 1 saturated heterocycles. The van der Waals surface area contributed by atoms with E-state index in [2.05, 4.69) is 22.4 Å². The molecule has 2 aliphatic carbocycles. The smallest absolute Gasteiger partial charge is 0.203 e. The molecule has 3 aliphatic rings. The Morgan fingerprint density at radius 2 is 1.85 bits per heavy atom. The molecule has 4 unspecified atom stereocenters. The van der Waals surface area contributed by atoms with Crippen molar-refractivity contribution in [2.75, 3.05) is 34.5 Å². The van der Waals surface area contributed by atoms with Gasteiger partial charge >= 0.3 is 0 Å². The van der Waals surface area contributed by atoms with Crippen LogP contribution in [0.3, 0.4) is 0 Å². The van der Waals surface area contributed by atoms with E-state index in [0.29, 0.717) is 41.7 Å². The Morgan fingerprint density at radius 1 is 1.11 bits per heavy atom. The van der Waals surface area contributed by atoms with Gasteiger partial charge in [0.25, 0.3) is 0 Å². The number of benzene rings is 1. The van der Waals surface area contributed by atoms with E-state index >= 15 is 0 Å². The minimum Gasteiger partial charge on any atom is -0.493 e. The zero-order valence-electron chi connectivity index (χ0n) is 15.9. The maximum absolute atomic E-state index is 6.00. The molecular weight excluding hydrogens is 364 g/mol. The van der Waals surface area contributed by atoms with Crippen molar-refractivity contribution < 1.29 is 18.9 Å². The summed E-state index contributed by atoms with van der Waals surface area (Å²) in [6, 6.07) is 4.27. The number of rotatable bonds is 5. The molecule has 146 valence electrons. The second-order valence-electron chi connectivity index (χ2n) is 7.21. The lowest BCUT2D eigenvalue weighted by molar-refractivity contribution is 0.0621. The van der Waals surface area contributed by atoms with Gasteiger partial charge in [-0.2, -0.15) is 0 Å². The molecular formula is C20H26N2O4S. The Morgan fingerprint density at radius 3 is 2.41 bits per heavy atom. The molecule has 6 nitrogen and oxygen atoms in total. The maximum atomic E-state index is 6.00. The summed E-state index contributed by atoms with van der Waals surface area (Å²) in [5, 5.41) is 4.32. The third-order valence-corrected chi connectivity index (χ3v) is 6.06. The third-order valence-electron chi connectivity index (χ3n) is 5.71. The second kappa shape index (κ2) is 7.56. The third kappa shape index (κ3) is 3.34. The van der Waals surface area contributed by atoms with Gasteiger partial charge in [-0.1, -0.05) is 12.2 Å². The lowest BCUT2D eigenvalue weighted by Crippen LogP contribution is -2.46. The first-order chi connectivity index (χ1) is 13.1. The van der Waals surface area contributed by atoms with Crippen LogP contribution in [0.2, 0.25) is 0 Å². The summed E-state index contributed by atoms with van der Waals surface area (Å²) < 4.78 is 22.4. The molecule has 27 heavy (non-hydrogen) atoms. The highest BCUT2D eigenvalue weighted by atomic mass is 32.1. The summed E-state index contributed by atoms with van der Waals surface area (Å²) in [6.07, 6.45) is 6.79. The van der Waals surface area contributed by atoms with Crippen molar-refractivity contribution >= 4 is 17.3 Å². The van der Waals surface area contributed by atoms with E-state index in [1.807, 2.05) is 12.1 Å². The topological polar surface area (TPSA) is 52.2 Å². The summed E-state index contributed by atoms with van der Waals surface area (Å²) in [4.78, 5) is 2.10. The van der Waals surface area contributed by atoms with Crippen LogP contribution in [0, 0.1) is 11.8 Å². The molecule has 1 aromatic carbocycles. The lowest BCUT2D eigenvalue weighted by atomic mass is 10.0. The van der Waals surface area contributed by atoms with E-state index in [1.165, 1.54) is 6.42 Å². The standard InChI is InChI=1S/C20H26N2O4S/c1-23-16-10-14(11-17(24-2)18(16)25-3)19-22(6-7-26-19)20(27)21-15-9-12-4-5-13(15)8-12/h4-5,10-13,15,19H,6-9H2,1-3H3,(H,21,27). The number of fused-ring (bicyclic) bond motifs is 2. The van der Waals surface area contributed by atoms with Crippen molar-refractivity contribution in [1.82, 2.24) is 10.2 Å². The molecule has 4 rings (SSSR count). The summed E-state index contributed by atoms with van der Waals surface area (Å²) in [5.74, 6) is 3.09. The van der Waals surface area contributed by atoms with Gasteiger partial charge in [-0.3, -0.25) is 0 Å². The summed E-state index contributed by atoms with van der Waals surface area (Å²) in [7, 11) is 4.83. The molecule has 1 aliphatic heterocycles. The molecule has 0 spiro atoms. The number of thiocarbonyl (C=S) groups is 1. The van der Waals surface area contributed by atoms with Gasteiger partial charge in [0.15, 0.2) is 22.8 Å². The number of allylic oxidation sites excluding steroid dienone is 1. The number of nitrogens with one attached hydrogen (secondary N) is 1. The lowest BCUT2D eigenvalue weighted by Gasteiger charge is -2.30. The Balaban J connectivity index is 1.54. The van der Waals surface area contributed by atoms with E-state index in [1.54, 1.807) is 21.3 Å². The minimum absolute atomic E-state index is 0.271. The van der Waals surface area contributed by atoms with Crippen LogP contribution in [0.1, 0.15) is 24.6 Å². The Hall–Kier alpha value is -1.99. The zero-order valence-corrected chi connectivity index (χ0v) is 16.8. The van der Waals surface area contributed by atoms with Crippen LogP contribution in [-0.4, -0.2) is 50.5 Å². The SMILES string of the molecule is COc1cc(C2OCCN2C(=S)NC2CC3C=CC2C3)cc(OC)c1OC. The van der Waals surface area contributed by atoms with Gasteiger partial charge in [-0.05, 0) is 49.0 Å². The van der Waals surface area contributed by atoms with E-state index in [9.17, 15) is 0 Å². The van der Waals surface area contributed by atoms with Crippen molar-refractivity contribution in [3.05, 3.63) is 29.8 Å². The molecule has 2 bridgehead atoms. The maximum Gasteiger partial charge on any atom is 0.203 e. The van der Waals surface area contributed by atoms with Crippen molar-refractivity contribution in [1.29, 1.82) is 0 Å². The van der Waals surface area contributed by atoms with Gasteiger partial charge < -0.3 is 29.2 Å². The Kier molecular flexibility index (Phi) is 5.14. The average molecular weight is 391 g/mol. The summed E-state index contributed by atoms with van der Waals surface area (Å²) >= 11 is 5.74. The van der Waals surface area contributed by atoms with Crippen LogP contribution < -0.4 is 19.5 Å². The molecule has 4 atom stereocenters. The molecule has 0 aromatic heterocycles. The van der Waals surface area contributed by atoms with Gasteiger partial charge in [0.1, 0.15) is 0 Å². The molecule has 1 aromatic rings.